The van der Waals surface area contributed by atoms with Crippen LogP contribution in [-0.4, -0.2) is 25.4 Å². The summed E-state index contributed by atoms with van der Waals surface area (Å²) >= 11 is 0. The lowest BCUT2D eigenvalue weighted by atomic mass is 9.82. The van der Waals surface area contributed by atoms with E-state index in [0.29, 0.717) is 12.1 Å². The number of carbonyl (C=O) groups is 2. The number of amides is 1. The Morgan fingerprint density at radius 2 is 1.50 bits per heavy atom. The van der Waals surface area contributed by atoms with Gasteiger partial charge in [-0.05, 0) is 37.1 Å². The van der Waals surface area contributed by atoms with Crippen LogP contribution in [0.5, 0.6) is 0 Å². The zero-order valence-corrected chi connectivity index (χ0v) is 15.7. The first kappa shape index (κ1) is 19.6. The van der Waals surface area contributed by atoms with Crippen molar-refractivity contribution < 1.29 is 23.1 Å². The lowest BCUT2D eigenvalue weighted by molar-refractivity contribution is -0.146. The predicted octanol–water partition coefficient (Wildman–Crippen LogP) is 3.09. The summed E-state index contributed by atoms with van der Waals surface area (Å²) in [4.78, 5) is 24.0. The van der Waals surface area contributed by atoms with Crippen molar-refractivity contribution in [2.45, 2.75) is 17.7 Å². The van der Waals surface area contributed by atoms with Gasteiger partial charge in [0.2, 0.25) is 5.91 Å². The van der Waals surface area contributed by atoms with E-state index < -0.39 is 33.7 Å². The second-order valence-corrected chi connectivity index (χ2v) is 8.10. The van der Waals surface area contributed by atoms with Gasteiger partial charge in [-0.2, -0.15) is 0 Å². The maximum absolute atomic E-state index is 12.8. The minimum Gasteiger partial charge on any atom is -0.481 e. The first-order valence-corrected chi connectivity index (χ1v) is 10.2. The molecule has 0 fully saturated rings. The number of para-hydroxylation sites is 2. The Hall–Kier alpha value is -3.13. The third kappa shape index (κ3) is 4.40. The Bertz CT molecular complexity index is 1000. The van der Waals surface area contributed by atoms with Crippen molar-refractivity contribution in [3.05, 3.63) is 66.7 Å². The van der Waals surface area contributed by atoms with Crippen molar-refractivity contribution >= 4 is 33.3 Å². The van der Waals surface area contributed by atoms with Crippen LogP contribution in [0.2, 0.25) is 0 Å². The lowest BCUT2D eigenvalue weighted by Crippen LogP contribution is -2.35. The molecule has 8 heteroatoms. The fraction of sp³-hybridized carbons (Fsp3) is 0.200. The molecule has 0 spiro atoms. The van der Waals surface area contributed by atoms with Crippen molar-refractivity contribution in [3.8, 4) is 0 Å². The third-order valence-electron chi connectivity index (χ3n) is 4.55. The maximum atomic E-state index is 12.8. The highest BCUT2D eigenvalue weighted by atomic mass is 32.2. The lowest BCUT2D eigenvalue weighted by Gasteiger charge is -2.24. The van der Waals surface area contributed by atoms with E-state index in [1.807, 2.05) is 0 Å². The molecule has 0 saturated heterocycles. The summed E-state index contributed by atoms with van der Waals surface area (Å²) in [6.45, 7) is 0. The molecule has 146 valence electrons. The van der Waals surface area contributed by atoms with Crippen LogP contribution < -0.4 is 10.0 Å². The molecule has 1 aliphatic carbocycles. The van der Waals surface area contributed by atoms with Gasteiger partial charge in [0.1, 0.15) is 4.90 Å². The monoisotopic (exact) mass is 400 g/mol. The van der Waals surface area contributed by atoms with E-state index in [1.54, 1.807) is 54.6 Å². The Kier molecular flexibility index (Phi) is 5.79. The molecule has 3 N–H and O–H groups in total. The molecule has 3 rings (SSSR count). The number of carboxylic acids is 1. The summed E-state index contributed by atoms with van der Waals surface area (Å²) in [5, 5.41) is 12.0. The van der Waals surface area contributed by atoms with Crippen LogP contribution in [0.4, 0.5) is 11.4 Å². The third-order valence-corrected chi connectivity index (χ3v) is 5.99. The highest BCUT2D eigenvalue weighted by Gasteiger charge is 2.34. The number of rotatable bonds is 6. The molecule has 0 bridgehead atoms. The Balaban J connectivity index is 1.85. The molecule has 2 aromatic rings. The average Bonchev–Trinajstić information content (AvgIpc) is 2.68. The normalized spacial score (nSPS) is 19.0. The Morgan fingerprint density at radius 3 is 2.18 bits per heavy atom. The number of anilines is 2. The Morgan fingerprint density at radius 1 is 0.893 bits per heavy atom. The molecule has 1 aliphatic rings. The van der Waals surface area contributed by atoms with Gasteiger partial charge in [0, 0.05) is 5.69 Å². The molecule has 7 nitrogen and oxygen atoms in total. The van der Waals surface area contributed by atoms with Gasteiger partial charge in [-0.3, -0.25) is 14.3 Å². The molecule has 0 aromatic heterocycles. The molecule has 0 heterocycles. The van der Waals surface area contributed by atoms with Gasteiger partial charge in [-0.1, -0.05) is 42.5 Å². The van der Waals surface area contributed by atoms with Gasteiger partial charge >= 0.3 is 5.97 Å². The minimum atomic E-state index is -3.95. The van der Waals surface area contributed by atoms with E-state index in [9.17, 15) is 23.1 Å². The van der Waals surface area contributed by atoms with E-state index in [2.05, 4.69) is 10.0 Å². The zero-order chi connectivity index (χ0) is 20.1. The molecule has 0 aliphatic heterocycles. The van der Waals surface area contributed by atoms with E-state index in [0.717, 1.165) is 0 Å². The summed E-state index contributed by atoms with van der Waals surface area (Å²) in [5.74, 6) is -3.16. The molecular formula is C20H20N2O5S. The zero-order valence-electron chi connectivity index (χ0n) is 14.9. The minimum absolute atomic E-state index is 0.0922. The number of aliphatic carboxylic acids is 1. The van der Waals surface area contributed by atoms with Crippen molar-refractivity contribution in [1.82, 2.24) is 0 Å². The molecular weight excluding hydrogens is 380 g/mol. The second-order valence-electron chi connectivity index (χ2n) is 6.45. The number of nitrogens with one attached hydrogen (secondary N) is 2. The van der Waals surface area contributed by atoms with E-state index >= 15 is 0 Å². The predicted molar refractivity (Wildman–Crippen MR) is 105 cm³/mol. The van der Waals surface area contributed by atoms with Crippen LogP contribution >= 0.6 is 0 Å². The number of carbonyl (C=O) groups excluding carboxylic acids is 1. The van der Waals surface area contributed by atoms with Gasteiger partial charge in [0.25, 0.3) is 10.0 Å². The van der Waals surface area contributed by atoms with E-state index in [1.165, 1.54) is 12.1 Å². The molecule has 28 heavy (non-hydrogen) atoms. The van der Waals surface area contributed by atoms with E-state index in [4.69, 9.17) is 0 Å². The van der Waals surface area contributed by atoms with Gasteiger partial charge in [0.05, 0.1) is 17.5 Å². The summed E-state index contributed by atoms with van der Waals surface area (Å²) in [6.07, 6.45) is 4.07. The second kappa shape index (κ2) is 8.26. The summed E-state index contributed by atoms with van der Waals surface area (Å²) in [7, 11) is -3.95. The fourth-order valence-corrected chi connectivity index (χ4v) is 4.35. The quantitative estimate of drug-likeness (QED) is 0.645. The maximum Gasteiger partial charge on any atom is 0.307 e. The van der Waals surface area contributed by atoms with Crippen LogP contribution in [0.1, 0.15) is 12.8 Å². The van der Waals surface area contributed by atoms with Crippen LogP contribution in [0.3, 0.4) is 0 Å². The first-order valence-electron chi connectivity index (χ1n) is 8.74. The first-order chi connectivity index (χ1) is 13.4. The standard InChI is InChI=1S/C20H20N2O5S/c23-19(15-10-4-5-11-16(15)20(24)25)21-17-12-6-7-13-18(17)28(26,27)22-14-8-2-1-3-9-14/h1-9,12-13,15-16,22H,10-11H2,(H,21,23)(H,24,25)/t15-,16+/m0/s1. The molecule has 0 unspecified atom stereocenters. The van der Waals surface area contributed by atoms with Crippen LogP contribution in [0.15, 0.2) is 71.6 Å². The smallest absolute Gasteiger partial charge is 0.307 e. The Labute approximate surface area is 163 Å². The topological polar surface area (TPSA) is 113 Å². The number of sulfonamides is 1. The highest BCUT2D eigenvalue weighted by molar-refractivity contribution is 7.92. The van der Waals surface area contributed by atoms with E-state index in [-0.39, 0.29) is 17.0 Å². The molecule has 1 amide bonds. The summed E-state index contributed by atoms with van der Waals surface area (Å²) in [5.41, 5.74) is 0.501. The van der Waals surface area contributed by atoms with Crippen molar-refractivity contribution in [2.75, 3.05) is 10.0 Å². The molecule has 2 aromatic carbocycles. The van der Waals surface area contributed by atoms with Gasteiger partial charge in [0.15, 0.2) is 0 Å². The largest absolute Gasteiger partial charge is 0.481 e. The van der Waals surface area contributed by atoms with Crippen molar-refractivity contribution in [3.63, 3.8) is 0 Å². The van der Waals surface area contributed by atoms with Gasteiger partial charge in [-0.25, -0.2) is 8.42 Å². The molecule has 0 radical (unpaired) electrons. The fourth-order valence-electron chi connectivity index (χ4n) is 3.12. The SMILES string of the molecule is O=C(Nc1ccccc1S(=O)(=O)Nc1ccccc1)[C@H]1CC=CC[C@H]1C(=O)O. The molecule has 0 saturated carbocycles. The highest BCUT2D eigenvalue weighted by Crippen LogP contribution is 2.29. The van der Waals surface area contributed by atoms with Crippen molar-refractivity contribution in [2.24, 2.45) is 11.8 Å². The number of carboxylic acid groups (broad SMARTS) is 1. The summed E-state index contributed by atoms with van der Waals surface area (Å²) < 4.78 is 28.0. The van der Waals surface area contributed by atoms with Crippen molar-refractivity contribution in [1.29, 1.82) is 0 Å². The number of benzene rings is 2. The number of allylic oxidation sites excluding steroid dienone is 2. The average molecular weight is 400 g/mol. The molecule has 2 atom stereocenters. The van der Waals surface area contributed by atoms with Crippen LogP contribution in [-0.2, 0) is 19.6 Å². The van der Waals surface area contributed by atoms with Gasteiger partial charge in [-0.15, -0.1) is 0 Å². The number of hydrogen-bond acceptors (Lipinski definition) is 4. The number of hydrogen-bond donors (Lipinski definition) is 3. The van der Waals surface area contributed by atoms with Crippen LogP contribution in [0.25, 0.3) is 0 Å². The summed E-state index contributed by atoms with van der Waals surface area (Å²) in [6, 6.07) is 14.4. The van der Waals surface area contributed by atoms with Gasteiger partial charge < -0.3 is 10.4 Å². The van der Waals surface area contributed by atoms with Crippen LogP contribution in [0, 0.1) is 11.8 Å².